The van der Waals surface area contributed by atoms with Crippen molar-refractivity contribution in [3.05, 3.63) is 59.1 Å². The molecule has 1 heterocycles. The number of rotatable bonds is 5. The minimum atomic E-state index is -2.32. The maximum Gasteiger partial charge on any atom is 0.324 e. The van der Waals surface area contributed by atoms with E-state index in [9.17, 15) is 13.6 Å². The van der Waals surface area contributed by atoms with Gasteiger partial charge >= 0.3 is 6.03 Å². The van der Waals surface area contributed by atoms with Crippen molar-refractivity contribution in [2.24, 2.45) is 5.73 Å². The van der Waals surface area contributed by atoms with Crippen molar-refractivity contribution in [1.29, 1.82) is 0 Å². The minimum Gasteiger partial charge on any atom is -0.768 e. The first-order chi connectivity index (χ1) is 14.4. The number of nitrogens with two attached hydrogens (primary N) is 1. The molecule has 2 fully saturated rings. The van der Waals surface area contributed by atoms with Gasteiger partial charge in [-0.1, -0.05) is 29.8 Å². The summed E-state index contributed by atoms with van der Waals surface area (Å²) in [6, 6.07) is 14.5. The summed E-state index contributed by atoms with van der Waals surface area (Å²) in [6.45, 7) is 1.75. The average Bonchev–Trinajstić information content (AvgIpc) is 3.15. The normalized spacial score (nSPS) is 25.6. The van der Waals surface area contributed by atoms with Crippen LogP contribution >= 0.6 is 11.6 Å². The molecule has 2 aromatic rings. The molecule has 8 heteroatoms. The third-order valence-corrected chi connectivity index (χ3v) is 7.42. The van der Waals surface area contributed by atoms with Gasteiger partial charge in [-0.15, -0.1) is 0 Å². The number of nitrogens with zero attached hydrogens (tertiary/aromatic N) is 2. The smallest absolute Gasteiger partial charge is 0.324 e. The average molecular weight is 447 g/mol. The number of urea groups is 1. The molecule has 1 aliphatic carbocycles. The monoisotopic (exact) mass is 446 g/mol. The summed E-state index contributed by atoms with van der Waals surface area (Å²) < 4.78 is 22.5. The predicted molar refractivity (Wildman–Crippen MR) is 118 cm³/mol. The van der Waals surface area contributed by atoms with Crippen LogP contribution in [0.3, 0.4) is 0 Å². The summed E-state index contributed by atoms with van der Waals surface area (Å²) in [6.07, 6.45) is 3.58. The molecule has 1 aliphatic heterocycles. The van der Waals surface area contributed by atoms with E-state index in [4.69, 9.17) is 17.3 Å². The molecule has 160 valence electrons. The Bertz CT molecular complexity index is 962. The van der Waals surface area contributed by atoms with E-state index in [1.165, 1.54) is 11.6 Å². The molecular weight excluding hydrogens is 422 g/mol. The number of halogens is 1. The summed E-state index contributed by atoms with van der Waals surface area (Å²) >= 11 is 3.89. The number of hydrogen-bond donors (Lipinski definition) is 1. The number of carbonyl (C=O) groups is 1. The second kappa shape index (κ2) is 8.67. The van der Waals surface area contributed by atoms with Crippen molar-refractivity contribution in [1.82, 2.24) is 4.90 Å². The molecule has 2 amide bonds. The number of benzene rings is 2. The Morgan fingerprint density at radius 2 is 1.87 bits per heavy atom. The number of amides is 2. The Labute approximate surface area is 184 Å². The van der Waals surface area contributed by atoms with Gasteiger partial charge in [0.1, 0.15) is 0 Å². The fraction of sp³-hybridized carbons (Fsp3) is 0.409. The van der Waals surface area contributed by atoms with Crippen molar-refractivity contribution < 1.29 is 13.6 Å². The quantitative estimate of drug-likeness (QED) is 0.709. The Morgan fingerprint density at radius 3 is 2.53 bits per heavy atom. The van der Waals surface area contributed by atoms with Crippen LogP contribution in [0.5, 0.6) is 0 Å². The Morgan fingerprint density at radius 1 is 1.13 bits per heavy atom. The van der Waals surface area contributed by atoms with Gasteiger partial charge in [0, 0.05) is 46.7 Å². The lowest BCUT2D eigenvalue weighted by Gasteiger charge is -2.42. The van der Waals surface area contributed by atoms with E-state index in [0.717, 1.165) is 25.7 Å². The molecule has 0 bridgehead atoms. The second-order valence-electron chi connectivity index (χ2n) is 8.09. The lowest BCUT2D eigenvalue weighted by Crippen LogP contribution is -2.46. The maximum atomic E-state index is 13.1. The standard InChI is InChI=1S/C22H26ClN3O3S/c23-17-4-1-3-16(13-17)22(15-24)9-7-18(8-10-22)25-11-12-26(21(25)27)19-5-2-6-20(14-19)30(28)29/h1-6,13-14,18H,7-12,15,24H2,(H,28,29)/p-1. The van der Waals surface area contributed by atoms with E-state index in [-0.39, 0.29) is 22.4 Å². The van der Waals surface area contributed by atoms with Gasteiger partial charge in [-0.05, 0) is 72.7 Å². The summed E-state index contributed by atoms with van der Waals surface area (Å²) in [5.41, 5.74) is 7.89. The molecule has 1 saturated heterocycles. The van der Waals surface area contributed by atoms with Crippen LogP contribution in [0.4, 0.5) is 10.5 Å². The molecule has 1 unspecified atom stereocenters. The van der Waals surface area contributed by atoms with Gasteiger partial charge in [0.25, 0.3) is 0 Å². The highest BCUT2D eigenvalue weighted by Gasteiger charge is 2.41. The topological polar surface area (TPSA) is 89.7 Å². The molecule has 0 aromatic heterocycles. The Kier molecular flexibility index (Phi) is 6.16. The van der Waals surface area contributed by atoms with Crippen molar-refractivity contribution >= 4 is 34.4 Å². The highest BCUT2D eigenvalue weighted by atomic mass is 35.5. The first-order valence-electron chi connectivity index (χ1n) is 10.2. The molecule has 2 aliphatic rings. The second-order valence-corrected chi connectivity index (χ2v) is 9.46. The Hall–Kier alpha value is -1.93. The van der Waals surface area contributed by atoms with E-state index in [1.54, 1.807) is 23.1 Å². The summed E-state index contributed by atoms with van der Waals surface area (Å²) in [7, 11) is 0. The predicted octanol–water partition coefficient (Wildman–Crippen LogP) is 3.66. The van der Waals surface area contributed by atoms with E-state index < -0.39 is 11.1 Å². The zero-order valence-electron chi connectivity index (χ0n) is 16.6. The van der Waals surface area contributed by atoms with Crippen LogP contribution in [0.1, 0.15) is 31.2 Å². The van der Waals surface area contributed by atoms with Gasteiger partial charge in [-0.2, -0.15) is 0 Å². The fourth-order valence-electron chi connectivity index (χ4n) is 4.78. The van der Waals surface area contributed by atoms with Gasteiger partial charge in [-0.3, -0.25) is 9.11 Å². The van der Waals surface area contributed by atoms with E-state index in [2.05, 4.69) is 6.07 Å². The van der Waals surface area contributed by atoms with Gasteiger partial charge < -0.3 is 15.2 Å². The molecule has 0 radical (unpaired) electrons. The van der Waals surface area contributed by atoms with E-state index in [1.807, 2.05) is 23.1 Å². The van der Waals surface area contributed by atoms with Crippen molar-refractivity contribution in [2.75, 3.05) is 24.5 Å². The van der Waals surface area contributed by atoms with Crippen LogP contribution in [0.25, 0.3) is 0 Å². The molecule has 1 atom stereocenters. The maximum absolute atomic E-state index is 13.1. The minimum absolute atomic E-state index is 0.0585. The lowest BCUT2D eigenvalue weighted by molar-refractivity contribution is 0.156. The van der Waals surface area contributed by atoms with Gasteiger partial charge in [-0.25, -0.2) is 4.79 Å². The van der Waals surface area contributed by atoms with Crippen molar-refractivity contribution in [3.63, 3.8) is 0 Å². The molecule has 0 spiro atoms. The van der Waals surface area contributed by atoms with Crippen LogP contribution in [0.15, 0.2) is 53.4 Å². The van der Waals surface area contributed by atoms with Crippen molar-refractivity contribution in [3.8, 4) is 0 Å². The molecule has 4 rings (SSSR count). The zero-order valence-corrected chi connectivity index (χ0v) is 18.2. The molecule has 1 saturated carbocycles. The van der Waals surface area contributed by atoms with Gasteiger partial charge in [0.2, 0.25) is 0 Å². The SMILES string of the molecule is NCC1(c2cccc(Cl)c2)CCC(N2CCN(c3cccc(S(=O)[O-])c3)C2=O)CC1. The summed E-state index contributed by atoms with van der Waals surface area (Å²) in [5, 5.41) is 0.717. The Balaban J connectivity index is 1.46. The first-order valence-corrected chi connectivity index (χ1v) is 11.6. The van der Waals surface area contributed by atoms with Gasteiger partial charge in [0.05, 0.1) is 0 Å². The van der Waals surface area contributed by atoms with Crippen LogP contribution in [-0.2, 0) is 16.5 Å². The number of hydrogen-bond acceptors (Lipinski definition) is 4. The highest BCUT2D eigenvalue weighted by molar-refractivity contribution is 7.79. The third kappa shape index (κ3) is 3.99. The lowest BCUT2D eigenvalue weighted by atomic mass is 9.68. The van der Waals surface area contributed by atoms with Crippen LogP contribution in [0.2, 0.25) is 5.02 Å². The summed E-state index contributed by atoms with van der Waals surface area (Å²) in [4.78, 5) is 16.9. The number of carbonyl (C=O) groups excluding carboxylic acids is 1. The molecule has 30 heavy (non-hydrogen) atoms. The zero-order chi connectivity index (χ0) is 21.3. The van der Waals surface area contributed by atoms with Crippen LogP contribution in [0, 0.1) is 0 Å². The third-order valence-electron chi connectivity index (χ3n) is 6.54. The molecular formula is C22H25ClN3O3S-. The largest absolute Gasteiger partial charge is 0.768 e. The van der Waals surface area contributed by atoms with Gasteiger partial charge in [0.15, 0.2) is 0 Å². The highest BCUT2D eigenvalue weighted by Crippen LogP contribution is 2.41. The van der Waals surface area contributed by atoms with Crippen LogP contribution in [-0.4, -0.2) is 45.4 Å². The first kappa shape index (κ1) is 21.3. The van der Waals surface area contributed by atoms with Crippen LogP contribution < -0.4 is 10.6 Å². The number of anilines is 1. The van der Waals surface area contributed by atoms with E-state index >= 15 is 0 Å². The fourth-order valence-corrected chi connectivity index (χ4v) is 5.38. The molecule has 2 N–H and O–H groups in total. The summed E-state index contributed by atoms with van der Waals surface area (Å²) in [5.74, 6) is 0. The molecule has 6 nitrogen and oxygen atoms in total. The van der Waals surface area contributed by atoms with E-state index in [0.29, 0.717) is 30.3 Å². The van der Waals surface area contributed by atoms with Crippen molar-refractivity contribution in [2.45, 2.75) is 42.0 Å². The molecule has 2 aromatic carbocycles.